The van der Waals surface area contributed by atoms with Crippen LogP contribution in [0.5, 0.6) is 0 Å². The smallest absolute Gasteiger partial charge is 0.0648 e. The van der Waals surface area contributed by atoms with Crippen LogP contribution in [0.3, 0.4) is 0 Å². The molecule has 1 atom stereocenters. The van der Waals surface area contributed by atoms with Crippen LogP contribution in [-0.2, 0) is 0 Å². The number of thiophene rings is 1. The van der Waals surface area contributed by atoms with Gasteiger partial charge in [0, 0.05) is 20.3 Å². The summed E-state index contributed by atoms with van der Waals surface area (Å²) in [5.41, 5.74) is 2.31. The number of aryl methyl sites for hydroxylation is 2. The van der Waals surface area contributed by atoms with E-state index in [1.165, 1.54) is 15.3 Å². The van der Waals surface area contributed by atoms with Crippen LogP contribution < -0.4 is 5.32 Å². The van der Waals surface area contributed by atoms with Gasteiger partial charge in [0.2, 0.25) is 0 Å². The highest BCUT2D eigenvalue weighted by Crippen LogP contribution is 2.32. The van der Waals surface area contributed by atoms with Crippen LogP contribution in [0.25, 0.3) is 0 Å². The SMILES string of the molecule is Cc1cc(C(C)Nc2ccc(Br)cc2Cl)c(C)s1. The van der Waals surface area contributed by atoms with Gasteiger partial charge in [-0.15, -0.1) is 11.3 Å². The molecule has 96 valence electrons. The zero-order valence-corrected chi connectivity index (χ0v) is 13.7. The molecule has 1 nitrogen and oxygen atoms in total. The van der Waals surface area contributed by atoms with Gasteiger partial charge in [0.25, 0.3) is 0 Å². The molecule has 0 bridgehead atoms. The first-order valence-corrected chi connectivity index (χ1v) is 7.74. The third-order valence-electron chi connectivity index (χ3n) is 2.85. The second-order valence-electron chi connectivity index (χ2n) is 4.36. The Morgan fingerprint density at radius 2 is 2.00 bits per heavy atom. The van der Waals surface area contributed by atoms with Crippen LogP contribution in [0.2, 0.25) is 5.02 Å². The highest BCUT2D eigenvalue weighted by molar-refractivity contribution is 9.10. The van der Waals surface area contributed by atoms with Crippen molar-refractivity contribution in [1.29, 1.82) is 0 Å². The molecule has 4 heteroatoms. The van der Waals surface area contributed by atoms with Gasteiger partial charge in [0.1, 0.15) is 0 Å². The Morgan fingerprint density at radius 1 is 1.28 bits per heavy atom. The molecule has 1 heterocycles. The summed E-state index contributed by atoms with van der Waals surface area (Å²) in [6, 6.07) is 8.39. The average Bonchev–Trinajstić information content (AvgIpc) is 2.62. The molecular weight excluding hydrogens is 330 g/mol. The van der Waals surface area contributed by atoms with E-state index in [9.17, 15) is 0 Å². The fourth-order valence-corrected chi connectivity index (χ4v) is 3.75. The van der Waals surface area contributed by atoms with E-state index in [2.05, 4.69) is 48.1 Å². The molecule has 0 aliphatic rings. The maximum Gasteiger partial charge on any atom is 0.0648 e. The first kappa shape index (κ1) is 13.9. The van der Waals surface area contributed by atoms with Gasteiger partial charge in [0.15, 0.2) is 0 Å². The monoisotopic (exact) mass is 343 g/mol. The van der Waals surface area contributed by atoms with E-state index in [0.29, 0.717) is 0 Å². The van der Waals surface area contributed by atoms with Gasteiger partial charge >= 0.3 is 0 Å². The minimum absolute atomic E-state index is 0.258. The number of anilines is 1. The molecule has 0 saturated heterocycles. The third kappa shape index (κ3) is 3.08. The Bertz CT molecular complexity index is 565. The van der Waals surface area contributed by atoms with Crippen molar-refractivity contribution >= 4 is 44.6 Å². The topological polar surface area (TPSA) is 12.0 Å². The largest absolute Gasteiger partial charge is 0.377 e. The molecule has 1 N–H and O–H groups in total. The van der Waals surface area contributed by atoms with E-state index in [4.69, 9.17) is 11.6 Å². The van der Waals surface area contributed by atoms with E-state index >= 15 is 0 Å². The lowest BCUT2D eigenvalue weighted by molar-refractivity contribution is 0.882. The Labute approximate surface area is 125 Å². The Kier molecular flexibility index (Phi) is 4.36. The second kappa shape index (κ2) is 5.64. The zero-order valence-electron chi connectivity index (χ0n) is 10.6. The summed E-state index contributed by atoms with van der Waals surface area (Å²) in [6.45, 7) is 6.46. The van der Waals surface area contributed by atoms with Gasteiger partial charge in [-0.2, -0.15) is 0 Å². The molecular formula is C14H15BrClNS. The van der Waals surface area contributed by atoms with Crippen LogP contribution in [-0.4, -0.2) is 0 Å². The van der Waals surface area contributed by atoms with E-state index in [1.54, 1.807) is 0 Å². The molecule has 1 unspecified atom stereocenters. The minimum Gasteiger partial charge on any atom is -0.377 e. The van der Waals surface area contributed by atoms with Crippen LogP contribution in [0.15, 0.2) is 28.7 Å². The number of hydrogen-bond donors (Lipinski definition) is 1. The summed E-state index contributed by atoms with van der Waals surface area (Å²) in [4.78, 5) is 2.71. The zero-order chi connectivity index (χ0) is 13.3. The van der Waals surface area contributed by atoms with Gasteiger partial charge < -0.3 is 5.32 Å². The summed E-state index contributed by atoms with van der Waals surface area (Å²) >= 11 is 11.5. The van der Waals surface area contributed by atoms with E-state index < -0.39 is 0 Å². The van der Waals surface area contributed by atoms with Crippen LogP contribution in [0.4, 0.5) is 5.69 Å². The van der Waals surface area contributed by atoms with Crippen molar-refractivity contribution in [2.45, 2.75) is 26.8 Å². The van der Waals surface area contributed by atoms with E-state index in [1.807, 2.05) is 29.5 Å². The lowest BCUT2D eigenvalue weighted by Crippen LogP contribution is -2.07. The van der Waals surface area contributed by atoms with Gasteiger partial charge in [-0.05, 0) is 50.6 Å². The summed E-state index contributed by atoms with van der Waals surface area (Å²) < 4.78 is 0.994. The molecule has 18 heavy (non-hydrogen) atoms. The van der Waals surface area contributed by atoms with Crippen LogP contribution in [0.1, 0.15) is 28.3 Å². The number of nitrogens with one attached hydrogen (secondary N) is 1. The lowest BCUT2D eigenvalue weighted by atomic mass is 10.1. The summed E-state index contributed by atoms with van der Waals surface area (Å²) in [5.74, 6) is 0. The van der Waals surface area contributed by atoms with Crippen molar-refractivity contribution in [2.75, 3.05) is 5.32 Å². The Morgan fingerprint density at radius 3 is 2.56 bits per heavy atom. The van der Waals surface area contributed by atoms with Crippen molar-refractivity contribution in [3.63, 3.8) is 0 Å². The van der Waals surface area contributed by atoms with Gasteiger partial charge in [0.05, 0.1) is 10.7 Å². The minimum atomic E-state index is 0.258. The molecule has 0 spiro atoms. The molecule has 0 saturated carbocycles. The second-order valence-corrected chi connectivity index (χ2v) is 7.14. The van der Waals surface area contributed by atoms with Crippen molar-refractivity contribution < 1.29 is 0 Å². The normalized spacial score (nSPS) is 12.5. The third-order valence-corrected chi connectivity index (χ3v) is 4.64. The fraction of sp³-hybridized carbons (Fsp3) is 0.286. The Balaban J connectivity index is 2.21. The fourth-order valence-electron chi connectivity index (χ4n) is 2.00. The predicted molar refractivity (Wildman–Crippen MR) is 85.0 cm³/mol. The molecule has 0 aliphatic carbocycles. The quantitative estimate of drug-likeness (QED) is 0.725. The number of rotatable bonds is 3. The predicted octanol–water partition coefficient (Wildman–Crippen LogP) is 5.95. The number of benzene rings is 1. The molecule has 2 rings (SSSR count). The van der Waals surface area contributed by atoms with E-state index in [-0.39, 0.29) is 6.04 Å². The average molecular weight is 345 g/mol. The van der Waals surface area contributed by atoms with Crippen molar-refractivity contribution in [2.24, 2.45) is 0 Å². The lowest BCUT2D eigenvalue weighted by Gasteiger charge is -2.16. The standard InChI is InChI=1S/C14H15BrClNS/c1-8-6-12(10(3)18-8)9(2)17-14-5-4-11(15)7-13(14)16/h4-7,9,17H,1-3H3. The Hall–Kier alpha value is -0.510. The van der Waals surface area contributed by atoms with Gasteiger partial charge in [-0.25, -0.2) is 0 Å². The highest BCUT2D eigenvalue weighted by Gasteiger charge is 2.12. The molecule has 0 fully saturated rings. The molecule has 0 amide bonds. The summed E-state index contributed by atoms with van der Waals surface area (Å²) in [5, 5.41) is 4.20. The maximum absolute atomic E-state index is 6.22. The molecule has 1 aromatic carbocycles. The molecule has 0 aliphatic heterocycles. The van der Waals surface area contributed by atoms with Gasteiger partial charge in [-0.3, -0.25) is 0 Å². The first-order chi connectivity index (χ1) is 8.47. The summed E-state index contributed by atoms with van der Waals surface area (Å²) in [6.07, 6.45) is 0. The van der Waals surface area contributed by atoms with Crippen molar-refractivity contribution in [3.8, 4) is 0 Å². The highest BCUT2D eigenvalue weighted by atomic mass is 79.9. The molecule has 0 radical (unpaired) electrons. The summed E-state index contributed by atoms with van der Waals surface area (Å²) in [7, 11) is 0. The van der Waals surface area contributed by atoms with Crippen LogP contribution >= 0.6 is 38.9 Å². The molecule has 1 aromatic heterocycles. The van der Waals surface area contributed by atoms with Crippen molar-refractivity contribution in [3.05, 3.63) is 49.1 Å². The number of hydrogen-bond acceptors (Lipinski definition) is 2. The number of halogens is 2. The molecule has 2 aromatic rings. The van der Waals surface area contributed by atoms with Gasteiger partial charge in [-0.1, -0.05) is 27.5 Å². The maximum atomic E-state index is 6.22. The van der Waals surface area contributed by atoms with Crippen molar-refractivity contribution in [1.82, 2.24) is 0 Å². The van der Waals surface area contributed by atoms with Crippen LogP contribution in [0, 0.1) is 13.8 Å². The first-order valence-electron chi connectivity index (χ1n) is 5.76. The van der Waals surface area contributed by atoms with E-state index in [0.717, 1.165) is 15.2 Å².